The maximum Gasteiger partial charge on any atom is 0.328 e. The Morgan fingerprint density at radius 2 is 1.76 bits per heavy atom. The number of benzene rings is 3. The first-order valence-electron chi connectivity index (χ1n) is 15.6. The largest absolute Gasteiger partial charge is 0.497 e. The molecule has 11 heteroatoms. The van der Waals surface area contributed by atoms with Gasteiger partial charge in [-0.1, -0.05) is 37.5 Å². The minimum absolute atomic E-state index is 0.170. The highest BCUT2D eigenvalue weighted by Crippen LogP contribution is 2.47. The fourth-order valence-corrected chi connectivity index (χ4v) is 7.34. The summed E-state index contributed by atoms with van der Waals surface area (Å²) in [5.41, 5.74) is 5.99. The average Bonchev–Trinajstić information content (AvgIpc) is 3.25. The Balaban J connectivity index is 1.34. The number of hydrogen-bond donors (Lipinski definition) is 2. The van der Waals surface area contributed by atoms with E-state index in [4.69, 9.17) is 14.2 Å². The summed E-state index contributed by atoms with van der Waals surface area (Å²) in [5.74, 6) is 0.966. The van der Waals surface area contributed by atoms with Crippen molar-refractivity contribution in [3.63, 3.8) is 0 Å². The molecule has 0 saturated heterocycles. The molecule has 0 radical (unpaired) electrons. The fraction of sp³-hybridized carbons (Fsp3) is 0.371. The highest BCUT2D eigenvalue weighted by Gasteiger charge is 2.30. The second-order valence-corrected chi connectivity index (χ2v) is 13.8. The van der Waals surface area contributed by atoms with Gasteiger partial charge in [-0.25, -0.2) is 13.2 Å². The van der Waals surface area contributed by atoms with E-state index in [9.17, 15) is 18.0 Å². The summed E-state index contributed by atoms with van der Waals surface area (Å²) in [5, 5.41) is 4.00. The Morgan fingerprint density at radius 1 is 1.00 bits per heavy atom. The van der Waals surface area contributed by atoms with E-state index in [0.29, 0.717) is 30.3 Å². The number of aromatic nitrogens is 1. The van der Waals surface area contributed by atoms with Gasteiger partial charge in [0.15, 0.2) is 0 Å². The Hall–Kier alpha value is -4.51. The number of hydrogen-bond acceptors (Lipinski definition) is 7. The lowest BCUT2D eigenvalue weighted by atomic mass is 9.81. The van der Waals surface area contributed by atoms with E-state index in [2.05, 4.69) is 20.7 Å². The summed E-state index contributed by atoms with van der Waals surface area (Å²) < 4.78 is 44.5. The lowest BCUT2D eigenvalue weighted by Crippen LogP contribution is -2.43. The predicted octanol–water partition coefficient (Wildman–Crippen LogP) is 5.64. The topological polar surface area (TPSA) is 125 Å². The lowest BCUT2D eigenvalue weighted by molar-refractivity contribution is -0.142. The Labute approximate surface area is 269 Å². The molecule has 3 aromatic carbocycles. The number of carbonyl (C=O) groups excluding carboxylic acids is 2. The molecule has 1 saturated carbocycles. The van der Waals surface area contributed by atoms with Crippen molar-refractivity contribution in [1.82, 2.24) is 9.88 Å². The molecule has 1 aromatic heterocycles. The van der Waals surface area contributed by atoms with Gasteiger partial charge >= 0.3 is 5.97 Å². The standard InChI is InChI=1S/C35H39N3O7S/c1-43-26-14-16-28-31(21-26)45-18-17-38-30-20-24(11-15-27(30)32(33(28)38)23-7-5-4-6-8-23)34(39)36-29(35(40)44-2)19-22-9-12-25(13-10-22)37-46(3,41)42/h9-16,20-21,23,29,37H,4-8,17-19H2,1-3H3,(H,36,39)/t29-/m0/s1. The number of nitrogens with zero attached hydrogens (tertiary/aromatic N) is 1. The Bertz CT molecular complexity index is 1880. The molecule has 1 aliphatic carbocycles. The molecule has 4 aromatic rings. The SMILES string of the molecule is COC(=O)[C@H](Cc1ccc(NS(C)(=O)=O)cc1)NC(=O)c1ccc2c(C3CCCCC3)c3n(c2c1)CCOc1cc(OC)ccc1-3. The fourth-order valence-electron chi connectivity index (χ4n) is 6.77. The zero-order chi connectivity index (χ0) is 32.4. The van der Waals surface area contributed by atoms with Gasteiger partial charge < -0.3 is 24.1 Å². The molecule has 6 rings (SSSR count). The number of carbonyl (C=O) groups is 2. The van der Waals surface area contributed by atoms with Gasteiger partial charge in [-0.3, -0.25) is 9.52 Å². The van der Waals surface area contributed by atoms with Crippen LogP contribution in [0, 0.1) is 0 Å². The number of rotatable bonds is 9. The highest BCUT2D eigenvalue weighted by atomic mass is 32.2. The number of anilines is 1. The molecule has 2 aliphatic rings. The summed E-state index contributed by atoms with van der Waals surface area (Å²) in [4.78, 5) is 26.5. The molecule has 2 N–H and O–H groups in total. The van der Waals surface area contributed by atoms with E-state index in [1.807, 2.05) is 30.3 Å². The van der Waals surface area contributed by atoms with Crippen LogP contribution in [0.3, 0.4) is 0 Å². The first-order chi connectivity index (χ1) is 22.1. The van der Waals surface area contributed by atoms with E-state index in [1.165, 1.54) is 31.9 Å². The van der Waals surface area contributed by atoms with E-state index in [-0.39, 0.29) is 6.42 Å². The van der Waals surface area contributed by atoms with Gasteiger partial charge in [0.05, 0.1) is 32.7 Å². The van der Waals surface area contributed by atoms with Crippen molar-refractivity contribution >= 4 is 38.5 Å². The molecule has 10 nitrogen and oxygen atoms in total. The first-order valence-corrected chi connectivity index (χ1v) is 17.5. The van der Waals surface area contributed by atoms with Crippen LogP contribution in [-0.4, -0.2) is 58.0 Å². The second-order valence-electron chi connectivity index (χ2n) is 12.0. The lowest BCUT2D eigenvalue weighted by Gasteiger charge is -2.23. The smallest absolute Gasteiger partial charge is 0.328 e. The summed E-state index contributed by atoms with van der Waals surface area (Å²) in [7, 11) is -0.488. The van der Waals surface area contributed by atoms with Crippen LogP contribution in [0.1, 0.15) is 59.5 Å². The molecule has 1 aliphatic heterocycles. The van der Waals surface area contributed by atoms with Crippen LogP contribution in [0.4, 0.5) is 5.69 Å². The van der Waals surface area contributed by atoms with Crippen molar-refractivity contribution in [1.29, 1.82) is 0 Å². The van der Waals surface area contributed by atoms with Crippen molar-refractivity contribution in [2.45, 2.75) is 57.0 Å². The van der Waals surface area contributed by atoms with Crippen LogP contribution in [0.2, 0.25) is 0 Å². The third-order valence-corrected chi connectivity index (χ3v) is 9.49. The van der Waals surface area contributed by atoms with Crippen LogP contribution in [0.5, 0.6) is 11.5 Å². The molecule has 1 atom stereocenters. The first kappa shape index (κ1) is 31.5. The third-order valence-electron chi connectivity index (χ3n) is 8.88. The van der Waals surface area contributed by atoms with E-state index < -0.39 is 27.9 Å². The quantitative estimate of drug-likeness (QED) is 0.226. The zero-order valence-electron chi connectivity index (χ0n) is 26.3. The zero-order valence-corrected chi connectivity index (χ0v) is 27.1. The van der Waals surface area contributed by atoms with Crippen LogP contribution in [-0.2, 0) is 32.5 Å². The van der Waals surface area contributed by atoms with Gasteiger partial charge in [0.25, 0.3) is 5.91 Å². The van der Waals surface area contributed by atoms with Crippen LogP contribution >= 0.6 is 0 Å². The van der Waals surface area contributed by atoms with Gasteiger partial charge in [-0.2, -0.15) is 0 Å². The molecule has 242 valence electrons. The maximum absolute atomic E-state index is 13.7. The summed E-state index contributed by atoms with van der Waals surface area (Å²) in [6.07, 6.45) is 7.11. The Morgan fingerprint density at radius 3 is 2.46 bits per heavy atom. The summed E-state index contributed by atoms with van der Waals surface area (Å²) in [6.45, 7) is 1.09. The number of esters is 1. The van der Waals surface area contributed by atoms with Gasteiger partial charge in [0.1, 0.15) is 24.1 Å². The van der Waals surface area contributed by atoms with Crippen molar-refractivity contribution < 1.29 is 32.2 Å². The van der Waals surface area contributed by atoms with E-state index in [1.54, 1.807) is 31.4 Å². The van der Waals surface area contributed by atoms with Gasteiger partial charge in [-0.05, 0) is 66.3 Å². The third kappa shape index (κ3) is 6.55. The molecule has 2 heterocycles. The van der Waals surface area contributed by atoms with Gasteiger partial charge in [-0.15, -0.1) is 0 Å². The monoisotopic (exact) mass is 645 g/mol. The molecule has 0 spiro atoms. The van der Waals surface area contributed by atoms with E-state index in [0.717, 1.165) is 58.3 Å². The second kappa shape index (κ2) is 13.1. The normalized spacial score (nSPS) is 15.5. The van der Waals surface area contributed by atoms with Crippen LogP contribution in [0.25, 0.3) is 22.2 Å². The minimum Gasteiger partial charge on any atom is -0.497 e. The maximum atomic E-state index is 13.7. The Kier molecular flexibility index (Phi) is 8.95. The predicted molar refractivity (Wildman–Crippen MR) is 177 cm³/mol. The number of methoxy groups -OCH3 is 2. The highest BCUT2D eigenvalue weighted by molar-refractivity contribution is 7.92. The molecule has 0 bridgehead atoms. The molecular formula is C35H39N3O7S. The van der Waals surface area contributed by atoms with Gasteiger partial charge in [0, 0.05) is 40.2 Å². The summed E-state index contributed by atoms with van der Waals surface area (Å²) >= 11 is 0. The van der Waals surface area contributed by atoms with Crippen LogP contribution in [0.15, 0.2) is 60.7 Å². The molecule has 0 unspecified atom stereocenters. The molecule has 46 heavy (non-hydrogen) atoms. The van der Waals surface area contributed by atoms with Crippen molar-refractivity contribution in [2.24, 2.45) is 0 Å². The number of sulfonamides is 1. The number of amides is 1. The number of fused-ring (bicyclic) bond motifs is 5. The summed E-state index contributed by atoms with van der Waals surface area (Å²) in [6, 6.07) is 17.4. The van der Waals surface area contributed by atoms with Crippen molar-refractivity contribution in [3.05, 3.63) is 77.4 Å². The van der Waals surface area contributed by atoms with Crippen LogP contribution < -0.4 is 19.5 Å². The van der Waals surface area contributed by atoms with Gasteiger partial charge in [0.2, 0.25) is 10.0 Å². The van der Waals surface area contributed by atoms with Crippen molar-refractivity contribution in [3.8, 4) is 22.8 Å². The average molecular weight is 646 g/mol. The van der Waals surface area contributed by atoms with E-state index >= 15 is 0 Å². The molecule has 1 amide bonds. The van der Waals surface area contributed by atoms with Crippen molar-refractivity contribution in [2.75, 3.05) is 31.8 Å². The molecular weight excluding hydrogens is 606 g/mol. The number of ether oxygens (including phenoxy) is 3. The molecule has 1 fully saturated rings. The minimum atomic E-state index is -3.42. The number of nitrogens with one attached hydrogen (secondary N) is 2.